The van der Waals surface area contributed by atoms with Crippen molar-refractivity contribution in [3.8, 4) is 0 Å². The molecule has 1 aliphatic rings. The molecule has 7 heteroatoms. The molecule has 1 aromatic rings. The van der Waals surface area contributed by atoms with Crippen molar-refractivity contribution < 1.29 is 9.90 Å². The zero-order valence-electron chi connectivity index (χ0n) is 10.4. The predicted octanol–water partition coefficient (Wildman–Crippen LogP) is 0.187. The lowest BCUT2D eigenvalue weighted by molar-refractivity contribution is 0.142. The molecule has 1 saturated heterocycles. The number of aryl methyl sites for hydroxylation is 2. The number of carbonyl (C=O) groups is 1. The summed E-state index contributed by atoms with van der Waals surface area (Å²) in [5.41, 5.74) is 1.06. The average molecular weight is 252 g/mol. The molecule has 0 aromatic carbocycles. The molecular formula is C11H16N4O3. The van der Waals surface area contributed by atoms with Crippen molar-refractivity contribution in [2.75, 3.05) is 31.1 Å². The zero-order chi connectivity index (χ0) is 13.3. The summed E-state index contributed by atoms with van der Waals surface area (Å²) in [6, 6.07) is 0. The molecule has 0 atom stereocenters. The standard InChI is InChI=1S/C11H16N4O3/c1-7-9(10(16)13-8(2)12-7)14-3-5-15(6-4-14)11(17)18/h3-6H2,1-2H3,(H,17,18)(H,12,13,16). The number of carboxylic acid groups (broad SMARTS) is 1. The molecule has 0 unspecified atom stereocenters. The van der Waals surface area contributed by atoms with E-state index in [1.165, 1.54) is 4.90 Å². The number of aromatic nitrogens is 2. The molecule has 0 radical (unpaired) electrons. The Hall–Kier alpha value is -2.05. The maximum absolute atomic E-state index is 11.9. The van der Waals surface area contributed by atoms with Crippen molar-refractivity contribution in [2.45, 2.75) is 13.8 Å². The highest BCUT2D eigenvalue weighted by molar-refractivity contribution is 5.65. The molecule has 2 heterocycles. The number of hydrogen-bond acceptors (Lipinski definition) is 4. The molecule has 1 amide bonds. The summed E-state index contributed by atoms with van der Waals surface area (Å²) in [4.78, 5) is 32.9. The first-order chi connectivity index (χ1) is 8.49. The van der Waals surface area contributed by atoms with E-state index >= 15 is 0 Å². The van der Waals surface area contributed by atoms with E-state index in [2.05, 4.69) is 9.97 Å². The van der Waals surface area contributed by atoms with Gasteiger partial charge in [-0.3, -0.25) is 4.79 Å². The van der Waals surface area contributed by atoms with Crippen LogP contribution in [0.3, 0.4) is 0 Å². The minimum Gasteiger partial charge on any atom is -0.465 e. The normalized spacial score (nSPS) is 15.9. The summed E-state index contributed by atoms with van der Waals surface area (Å²) in [7, 11) is 0. The fraction of sp³-hybridized carbons (Fsp3) is 0.545. The van der Waals surface area contributed by atoms with Crippen LogP contribution < -0.4 is 10.5 Å². The van der Waals surface area contributed by atoms with Crippen LogP contribution in [-0.4, -0.2) is 52.2 Å². The molecule has 0 aliphatic carbocycles. The van der Waals surface area contributed by atoms with Gasteiger partial charge in [0, 0.05) is 26.2 Å². The predicted molar refractivity (Wildman–Crippen MR) is 66.1 cm³/mol. The Kier molecular flexibility index (Phi) is 3.22. The highest BCUT2D eigenvalue weighted by atomic mass is 16.4. The smallest absolute Gasteiger partial charge is 0.407 e. The summed E-state index contributed by atoms with van der Waals surface area (Å²) >= 11 is 0. The highest BCUT2D eigenvalue weighted by Crippen LogP contribution is 2.14. The minimum absolute atomic E-state index is 0.163. The SMILES string of the molecule is Cc1nc(C)c(N2CCN(C(=O)O)CC2)c(=O)[nH]1. The Bertz CT molecular complexity index is 518. The average Bonchev–Trinajstić information content (AvgIpc) is 2.28. The van der Waals surface area contributed by atoms with Crippen LogP contribution in [0.5, 0.6) is 0 Å². The van der Waals surface area contributed by atoms with Crippen LogP contribution in [0, 0.1) is 13.8 Å². The molecule has 0 bridgehead atoms. The van der Waals surface area contributed by atoms with Gasteiger partial charge in [-0.2, -0.15) is 0 Å². The maximum Gasteiger partial charge on any atom is 0.407 e. The third-order valence-electron chi connectivity index (χ3n) is 3.05. The lowest BCUT2D eigenvalue weighted by Crippen LogP contribution is -2.49. The topological polar surface area (TPSA) is 89.5 Å². The molecule has 2 rings (SSSR count). The first-order valence-electron chi connectivity index (χ1n) is 5.79. The fourth-order valence-corrected chi connectivity index (χ4v) is 2.21. The summed E-state index contributed by atoms with van der Waals surface area (Å²) in [5, 5.41) is 8.87. The molecule has 1 aliphatic heterocycles. The quantitative estimate of drug-likeness (QED) is 0.744. The Morgan fingerprint density at radius 1 is 1.28 bits per heavy atom. The van der Waals surface area contributed by atoms with E-state index in [4.69, 9.17) is 5.11 Å². The third-order valence-corrected chi connectivity index (χ3v) is 3.05. The van der Waals surface area contributed by atoms with Gasteiger partial charge in [-0.15, -0.1) is 0 Å². The number of aromatic amines is 1. The van der Waals surface area contributed by atoms with Gasteiger partial charge in [0.25, 0.3) is 5.56 Å². The highest BCUT2D eigenvalue weighted by Gasteiger charge is 2.23. The summed E-state index contributed by atoms with van der Waals surface area (Å²) < 4.78 is 0. The molecular weight excluding hydrogens is 236 g/mol. The third kappa shape index (κ3) is 2.29. The Morgan fingerprint density at radius 2 is 1.89 bits per heavy atom. The van der Waals surface area contributed by atoms with E-state index < -0.39 is 6.09 Å². The van der Waals surface area contributed by atoms with Gasteiger partial charge >= 0.3 is 6.09 Å². The van der Waals surface area contributed by atoms with Crippen molar-refractivity contribution in [2.24, 2.45) is 0 Å². The van der Waals surface area contributed by atoms with Gasteiger partial charge in [-0.1, -0.05) is 0 Å². The molecule has 1 fully saturated rings. The first kappa shape index (κ1) is 12.4. The summed E-state index contributed by atoms with van der Waals surface area (Å²) in [5.74, 6) is 0.588. The van der Waals surface area contributed by atoms with Gasteiger partial charge in [0.15, 0.2) is 0 Å². The number of anilines is 1. The van der Waals surface area contributed by atoms with E-state index in [-0.39, 0.29) is 5.56 Å². The second-order valence-electron chi connectivity index (χ2n) is 4.34. The van der Waals surface area contributed by atoms with Crippen LogP contribution in [0.15, 0.2) is 4.79 Å². The second kappa shape index (κ2) is 4.67. The molecule has 1 aromatic heterocycles. The van der Waals surface area contributed by atoms with E-state index in [1.54, 1.807) is 13.8 Å². The van der Waals surface area contributed by atoms with Crippen LogP contribution in [0.2, 0.25) is 0 Å². The molecule has 2 N–H and O–H groups in total. The van der Waals surface area contributed by atoms with Crippen LogP contribution in [0.1, 0.15) is 11.5 Å². The minimum atomic E-state index is -0.915. The van der Waals surface area contributed by atoms with E-state index in [1.807, 2.05) is 4.90 Å². The van der Waals surface area contributed by atoms with Crippen molar-refractivity contribution in [1.29, 1.82) is 0 Å². The van der Waals surface area contributed by atoms with Gasteiger partial charge in [-0.25, -0.2) is 9.78 Å². The largest absolute Gasteiger partial charge is 0.465 e. The monoisotopic (exact) mass is 252 g/mol. The fourth-order valence-electron chi connectivity index (χ4n) is 2.21. The maximum atomic E-state index is 11.9. The number of hydrogen-bond donors (Lipinski definition) is 2. The number of H-pyrrole nitrogens is 1. The number of rotatable bonds is 1. The van der Waals surface area contributed by atoms with Gasteiger partial charge in [-0.05, 0) is 13.8 Å². The Labute approximate surface area is 104 Å². The van der Waals surface area contributed by atoms with Gasteiger partial charge in [0.2, 0.25) is 0 Å². The Balaban J connectivity index is 2.20. The van der Waals surface area contributed by atoms with Crippen LogP contribution in [0.4, 0.5) is 10.5 Å². The van der Waals surface area contributed by atoms with Crippen molar-refractivity contribution >= 4 is 11.8 Å². The van der Waals surface area contributed by atoms with E-state index in [0.29, 0.717) is 43.4 Å². The lowest BCUT2D eigenvalue weighted by Gasteiger charge is -2.34. The summed E-state index contributed by atoms with van der Waals surface area (Å²) in [6.07, 6.45) is -0.915. The van der Waals surface area contributed by atoms with Crippen molar-refractivity contribution in [3.63, 3.8) is 0 Å². The first-order valence-corrected chi connectivity index (χ1v) is 5.79. The number of piperazine rings is 1. The second-order valence-corrected chi connectivity index (χ2v) is 4.34. The molecule has 18 heavy (non-hydrogen) atoms. The van der Waals surface area contributed by atoms with Gasteiger partial charge in [0.05, 0.1) is 5.69 Å². The van der Waals surface area contributed by atoms with Gasteiger partial charge < -0.3 is 19.9 Å². The molecule has 0 spiro atoms. The van der Waals surface area contributed by atoms with Gasteiger partial charge in [0.1, 0.15) is 11.5 Å². The van der Waals surface area contributed by atoms with E-state index in [0.717, 1.165) is 0 Å². The lowest BCUT2D eigenvalue weighted by atomic mass is 10.2. The summed E-state index contributed by atoms with van der Waals surface area (Å²) in [6.45, 7) is 5.37. The molecule has 98 valence electrons. The Morgan fingerprint density at radius 3 is 2.39 bits per heavy atom. The number of nitrogens with zero attached hydrogens (tertiary/aromatic N) is 3. The molecule has 7 nitrogen and oxygen atoms in total. The number of nitrogens with one attached hydrogen (secondary N) is 1. The van der Waals surface area contributed by atoms with E-state index in [9.17, 15) is 9.59 Å². The van der Waals surface area contributed by atoms with Crippen LogP contribution in [0.25, 0.3) is 0 Å². The molecule has 0 saturated carbocycles. The van der Waals surface area contributed by atoms with Crippen molar-refractivity contribution in [1.82, 2.24) is 14.9 Å². The van der Waals surface area contributed by atoms with Crippen LogP contribution in [-0.2, 0) is 0 Å². The van der Waals surface area contributed by atoms with Crippen molar-refractivity contribution in [3.05, 3.63) is 21.9 Å². The zero-order valence-corrected chi connectivity index (χ0v) is 10.4. The van der Waals surface area contributed by atoms with Crippen LogP contribution >= 0.6 is 0 Å². The number of amides is 1.